The van der Waals surface area contributed by atoms with E-state index in [1.807, 2.05) is 19.1 Å². The molecule has 2 aromatic heterocycles. The van der Waals surface area contributed by atoms with E-state index in [4.69, 9.17) is 12.2 Å². The Labute approximate surface area is 147 Å². The molecule has 124 valence electrons. The van der Waals surface area contributed by atoms with Crippen LogP contribution in [0.3, 0.4) is 0 Å². The van der Waals surface area contributed by atoms with Gasteiger partial charge in [0.25, 0.3) is 0 Å². The van der Waals surface area contributed by atoms with Gasteiger partial charge in [0.1, 0.15) is 10.7 Å². The third-order valence-corrected chi connectivity index (χ3v) is 4.93. The quantitative estimate of drug-likeness (QED) is 0.839. The predicted molar refractivity (Wildman–Crippen MR) is 94.4 cm³/mol. The van der Waals surface area contributed by atoms with Gasteiger partial charge in [-0.05, 0) is 31.5 Å². The Morgan fingerprint density at radius 1 is 1.25 bits per heavy atom. The molecule has 0 amide bonds. The molecule has 3 heterocycles. The van der Waals surface area contributed by atoms with Gasteiger partial charge in [0.2, 0.25) is 5.95 Å². The lowest BCUT2D eigenvalue weighted by molar-refractivity contribution is -0.923. The van der Waals surface area contributed by atoms with Crippen molar-refractivity contribution in [2.75, 3.05) is 31.1 Å². The molecule has 0 atom stereocenters. The zero-order valence-electron chi connectivity index (χ0n) is 14.0. The highest BCUT2D eigenvalue weighted by Gasteiger charge is 2.22. The molecule has 24 heavy (non-hydrogen) atoms. The van der Waals surface area contributed by atoms with E-state index in [0.717, 1.165) is 50.1 Å². The highest BCUT2D eigenvalue weighted by atomic mass is 32.1. The maximum absolute atomic E-state index is 9.32. The Balaban J connectivity index is 1.71. The fourth-order valence-electron chi connectivity index (χ4n) is 3.12. The van der Waals surface area contributed by atoms with Gasteiger partial charge in [-0.2, -0.15) is 5.26 Å². The van der Waals surface area contributed by atoms with Gasteiger partial charge in [0.05, 0.1) is 31.7 Å². The molecule has 0 aliphatic carbocycles. The normalized spacial score (nSPS) is 15.3. The van der Waals surface area contributed by atoms with E-state index in [-0.39, 0.29) is 0 Å². The fourth-order valence-corrected chi connectivity index (χ4v) is 3.53. The average Bonchev–Trinajstić information content (AvgIpc) is 2.60. The molecule has 7 heteroatoms. The molecule has 2 aromatic rings. The summed E-state index contributed by atoms with van der Waals surface area (Å²) in [4.78, 5) is 12.3. The monoisotopic (exact) mass is 341 g/mol. The van der Waals surface area contributed by atoms with Crippen LogP contribution >= 0.6 is 12.2 Å². The van der Waals surface area contributed by atoms with E-state index in [2.05, 4.69) is 32.4 Å². The number of pyridine rings is 1. The molecular weight excluding hydrogens is 320 g/mol. The van der Waals surface area contributed by atoms with Gasteiger partial charge in [-0.3, -0.25) is 4.57 Å². The first-order valence-corrected chi connectivity index (χ1v) is 8.47. The van der Waals surface area contributed by atoms with E-state index in [1.165, 1.54) is 4.90 Å². The first kappa shape index (κ1) is 16.6. The average molecular weight is 341 g/mol. The zero-order valence-corrected chi connectivity index (χ0v) is 14.8. The second kappa shape index (κ2) is 7.07. The number of piperazine rings is 1. The van der Waals surface area contributed by atoms with Crippen LogP contribution in [0, 0.1) is 29.8 Å². The minimum absolute atomic E-state index is 0.617. The van der Waals surface area contributed by atoms with Crippen LogP contribution < -0.4 is 9.80 Å². The Morgan fingerprint density at radius 2 is 1.92 bits per heavy atom. The number of nitrogens with zero attached hydrogens (tertiary/aromatic N) is 5. The highest BCUT2D eigenvalue weighted by molar-refractivity contribution is 7.71. The summed E-state index contributed by atoms with van der Waals surface area (Å²) in [7, 11) is 0. The van der Waals surface area contributed by atoms with Crippen LogP contribution in [0.2, 0.25) is 0 Å². The first-order chi connectivity index (χ1) is 11.6. The molecule has 1 N–H and O–H groups in total. The molecule has 1 aliphatic rings. The maximum Gasteiger partial charge on any atom is 0.225 e. The van der Waals surface area contributed by atoms with Gasteiger partial charge in [0, 0.05) is 18.1 Å². The topological polar surface area (TPSA) is 62.2 Å². The molecule has 1 aliphatic heterocycles. The van der Waals surface area contributed by atoms with Crippen LogP contribution in [0.5, 0.6) is 0 Å². The minimum Gasteiger partial charge on any atom is -0.330 e. The van der Waals surface area contributed by atoms with E-state index in [1.54, 1.807) is 12.4 Å². The van der Waals surface area contributed by atoms with Crippen molar-refractivity contribution in [2.45, 2.75) is 20.5 Å². The number of nitriles is 1. The largest absolute Gasteiger partial charge is 0.330 e. The summed E-state index contributed by atoms with van der Waals surface area (Å²) in [5.74, 6) is 0.798. The van der Waals surface area contributed by atoms with Crippen LogP contribution in [-0.4, -0.2) is 40.7 Å². The summed E-state index contributed by atoms with van der Waals surface area (Å²) < 4.78 is 2.74. The number of hydrogen-bond acceptors (Lipinski definition) is 5. The maximum atomic E-state index is 9.32. The number of nitrogens with one attached hydrogen (secondary N) is 1. The van der Waals surface area contributed by atoms with E-state index in [9.17, 15) is 5.26 Å². The molecule has 0 radical (unpaired) electrons. The van der Waals surface area contributed by atoms with E-state index < -0.39 is 0 Å². The number of anilines is 1. The summed E-state index contributed by atoms with van der Waals surface area (Å²) in [6, 6.07) is 6.11. The van der Waals surface area contributed by atoms with Gasteiger partial charge in [-0.1, -0.05) is 12.2 Å². The third-order valence-electron chi connectivity index (χ3n) is 4.50. The van der Waals surface area contributed by atoms with E-state index in [0.29, 0.717) is 10.2 Å². The van der Waals surface area contributed by atoms with Crippen molar-refractivity contribution in [1.29, 1.82) is 5.26 Å². The van der Waals surface area contributed by atoms with Crippen molar-refractivity contribution in [3.63, 3.8) is 0 Å². The second-order valence-electron chi connectivity index (χ2n) is 6.13. The molecule has 6 nitrogen and oxygen atoms in total. The molecule has 0 saturated carbocycles. The van der Waals surface area contributed by atoms with Gasteiger partial charge in [-0.25, -0.2) is 9.97 Å². The van der Waals surface area contributed by atoms with Crippen molar-refractivity contribution in [3.8, 4) is 6.07 Å². The number of aryl methyl sites for hydroxylation is 2. The number of quaternary nitrogens is 1. The smallest absolute Gasteiger partial charge is 0.225 e. The molecular formula is C17H21N6S+. The number of aromatic nitrogens is 3. The number of hydrogen-bond donors (Lipinski definition) is 1. The van der Waals surface area contributed by atoms with Crippen LogP contribution in [0.1, 0.15) is 16.8 Å². The van der Waals surface area contributed by atoms with Gasteiger partial charge < -0.3 is 9.80 Å². The van der Waals surface area contributed by atoms with Crippen molar-refractivity contribution in [1.82, 2.24) is 14.5 Å². The third kappa shape index (κ3) is 3.30. The first-order valence-electron chi connectivity index (χ1n) is 8.07. The van der Waals surface area contributed by atoms with Gasteiger partial charge >= 0.3 is 0 Å². The Bertz CT molecular complexity index is 815. The van der Waals surface area contributed by atoms with Gasteiger partial charge in [-0.15, -0.1) is 0 Å². The molecule has 0 aromatic carbocycles. The molecule has 0 bridgehead atoms. The summed E-state index contributed by atoms with van der Waals surface area (Å²) in [5, 5.41) is 9.32. The van der Waals surface area contributed by atoms with Crippen LogP contribution in [0.15, 0.2) is 24.5 Å². The Kier molecular flexibility index (Phi) is 4.88. The lowest BCUT2D eigenvalue weighted by atomic mass is 10.1. The van der Waals surface area contributed by atoms with Crippen molar-refractivity contribution in [2.24, 2.45) is 0 Å². The van der Waals surface area contributed by atoms with Crippen molar-refractivity contribution in [3.05, 3.63) is 46.0 Å². The molecule has 0 spiro atoms. The second-order valence-corrected chi connectivity index (χ2v) is 6.52. The molecule has 1 fully saturated rings. The standard InChI is InChI=1S/C17H20N6S/c1-13-10-14(2)23(16(24)15(13)11-18)12-21-6-8-22(9-7-21)17-19-4-3-5-20-17/h3-5,10H,6-9,12H2,1-2H3/p+1. The van der Waals surface area contributed by atoms with Crippen LogP contribution in [-0.2, 0) is 6.67 Å². The Morgan fingerprint density at radius 3 is 2.54 bits per heavy atom. The summed E-state index contributed by atoms with van der Waals surface area (Å²) in [6.07, 6.45) is 3.56. The summed E-state index contributed by atoms with van der Waals surface area (Å²) in [6.45, 7) is 8.62. The highest BCUT2D eigenvalue weighted by Crippen LogP contribution is 2.12. The lowest BCUT2D eigenvalue weighted by Crippen LogP contribution is -3.14. The van der Waals surface area contributed by atoms with Gasteiger partial charge in [0.15, 0.2) is 6.67 Å². The molecule has 0 unspecified atom stereocenters. The minimum atomic E-state index is 0.617. The predicted octanol–water partition coefficient (Wildman–Crippen LogP) is 0.859. The lowest BCUT2D eigenvalue weighted by Gasteiger charge is -2.32. The molecule has 3 rings (SSSR count). The Hall–Kier alpha value is -2.30. The van der Waals surface area contributed by atoms with E-state index >= 15 is 0 Å². The zero-order chi connectivity index (χ0) is 17.1. The van der Waals surface area contributed by atoms with Crippen molar-refractivity contribution >= 4 is 18.2 Å². The SMILES string of the molecule is Cc1cc(C)n(C[NH+]2CCN(c3ncccn3)CC2)c(=S)c1C#N. The van der Waals surface area contributed by atoms with Crippen LogP contribution in [0.4, 0.5) is 5.95 Å². The summed E-state index contributed by atoms with van der Waals surface area (Å²) in [5.41, 5.74) is 2.68. The summed E-state index contributed by atoms with van der Waals surface area (Å²) >= 11 is 5.53. The fraction of sp³-hybridized carbons (Fsp3) is 0.412. The number of rotatable bonds is 3. The van der Waals surface area contributed by atoms with Crippen molar-refractivity contribution < 1.29 is 4.90 Å². The molecule has 1 saturated heterocycles. The van der Waals surface area contributed by atoms with Crippen LogP contribution in [0.25, 0.3) is 0 Å².